The number of carboxylic acid groups (broad SMARTS) is 1. The van der Waals surface area contributed by atoms with Crippen LogP contribution >= 0.6 is 0 Å². The molecule has 1 aliphatic rings. The summed E-state index contributed by atoms with van der Waals surface area (Å²) >= 11 is 0. The smallest absolute Gasteiger partial charge is 0.304 e. The van der Waals surface area contributed by atoms with Gasteiger partial charge in [0, 0.05) is 5.41 Å². The molecule has 0 saturated heterocycles. The molecule has 2 heteroatoms. The lowest BCUT2D eigenvalue weighted by molar-refractivity contribution is -0.138. The number of aliphatic carboxylic acids is 1. The largest absolute Gasteiger partial charge is 0.481 e. The maximum absolute atomic E-state index is 11.1. The first kappa shape index (κ1) is 12.2. The van der Waals surface area contributed by atoms with E-state index in [1.807, 2.05) is 6.07 Å². The second-order valence-electron chi connectivity index (χ2n) is 5.28. The summed E-state index contributed by atoms with van der Waals surface area (Å²) < 4.78 is 0. The molecule has 1 aliphatic carbocycles. The number of rotatable bonds is 3. The Labute approximate surface area is 103 Å². The van der Waals surface area contributed by atoms with Crippen molar-refractivity contribution >= 4 is 5.97 Å². The summed E-state index contributed by atoms with van der Waals surface area (Å²) in [5, 5.41) is 9.16. The molecular weight excluding hydrogens is 212 g/mol. The zero-order chi connectivity index (χ0) is 12.3. The standard InChI is InChI=1S/C15H20O2/c1-12-6-5-7-13(10-12)15(11-14(16)17)8-3-2-4-9-15/h5-7,10H,2-4,8-9,11H2,1H3,(H,16,17). The van der Waals surface area contributed by atoms with Crippen LogP contribution < -0.4 is 0 Å². The first-order valence-corrected chi connectivity index (χ1v) is 6.41. The van der Waals surface area contributed by atoms with Crippen LogP contribution in [0.5, 0.6) is 0 Å². The van der Waals surface area contributed by atoms with Crippen LogP contribution in [0.4, 0.5) is 0 Å². The van der Waals surface area contributed by atoms with Crippen molar-refractivity contribution in [2.75, 3.05) is 0 Å². The van der Waals surface area contributed by atoms with Crippen LogP contribution in [0.3, 0.4) is 0 Å². The molecule has 0 atom stereocenters. The Morgan fingerprint density at radius 1 is 1.29 bits per heavy atom. The van der Waals surface area contributed by atoms with Gasteiger partial charge >= 0.3 is 5.97 Å². The first-order valence-electron chi connectivity index (χ1n) is 6.41. The average molecular weight is 232 g/mol. The maximum Gasteiger partial charge on any atom is 0.304 e. The van der Waals surface area contributed by atoms with Gasteiger partial charge in [0.05, 0.1) is 6.42 Å². The van der Waals surface area contributed by atoms with Gasteiger partial charge < -0.3 is 5.11 Å². The van der Waals surface area contributed by atoms with Crippen molar-refractivity contribution in [3.05, 3.63) is 35.4 Å². The molecule has 1 aromatic rings. The summed E-state index contributed by atoms with van der Waals surface area (Å²) in [7, 11) is 0. The van der Waals surface area contributed by atoms with Crippen LogP contribution in [0.15, 0.2) is 24.3 Å². The Morgan fingerprint density at radius 2 is 2.00 bits per heavy atom. The van der Waals surface area contributed by atoms with Crippen molar-refractivity contribution in [2.45, 2.75) is 50.9 Å². The summed E-state index contributed by atoms with van der Waals surface area (Å²) in [6.07, 6.45) is 5.86. The minimum Gasteiger partial charge on any atom is -0.481 e. The van der Waals surface area contributed by atoms with Gasteiger partial charge in [-0.1, -0.05) is 49.1 Å². The normalized spacial score (nSPS) is 18.9. The number of hydrogen-bond donors (Lipinski definition) is 1. The minimum absolute atomic E-state index is 0.115. The molecule has 1 aromatic carbocycles. The van der Waals surface area contributed by atoms with E-state index >= 15 is 0 Å². The van der Waals surface area contributed by atoms with E-state index < -0.39 is 5.97 Å². The highest BCUT2D eigenvalue weighted by atomic mass is 16.4. The Hall–Kier alpha value is -1.31. The van der Waals surface area contributed by atoms with Crippen molar-refractivity contribution in [3.63, 3.8) is 0 Å². The van der Waals surface area contributed by atoms with Gasteiger partial charge in [0.2, 0.25) is 0 Å². The van der Waals surface area contributed by atoms with Gasteiger partial charge in [0.1, 0.15) is 0 Å². The molecule has 17 heavy (non-hydrogen) atoms. The third kappa shape index (κ3) is 2.68. The Kier molecular flexibility index (Phi) is 3.51. The van der Waals surface area contributed by atoms with E-state index in [1.165, 1.54) is 17.5 Å². The van der Waals surface area contributed by atoms with Crippen LogP contribution in [0.2, 0.25) is 0 Å². The predicted molar refractivity (Wildman–Crippen MR) is 68.2 cm³/mol. The molecule has 0 spiro atoms. The summed E-state index contributed by atoms with van der Waals surface area (Å²) in [5.41, 5.74) is 2.33. The molecule has 0 amide bonds. The van der Waals surface area contributed by atoms with Gasteiger partial charge in [-0.25, -0.2) is 0 Å². The van der Waals surface area contributed by atoms with E-state index in [4.69, 9.17) is 5.11 Å². The van der Waals surface area contributed by atoms with Crippen molar-refractivity contribution < 1.29 is 9.90 Å². The molecule has 92 valence electrons. The summed E-state index contributed by atoms with van der Waals surface area (Å²) in [6, 6.07) is 8.37. The molecule has 0 aromatic heterocycles. The van der Waals surface area contributed by atoms with Crippen molar-refractivity contribution in [3.8, 4) is 0 Å². The van der Waals surface area contributed by atoms with Gasteiger partial charge in [-0.3, -0.25) is 4.79 Å². The van der Waals surface area contributed by atoms with Crippen LogP contribution in [0.1, 0.15) is 49.7 Å². The Morgan fingerprint density at radius 3 is 2.59 bits per heavy atom. The number of benzene rings is 1. The molecule has 1 N–H and O–H groups in total. The van der Waals surface area contributed by atoms with E-state index in [0.717, 1.165) is 25.7 Å². The number of aryl methyl sites for hydroxylation is 1. The second kappa shape index (κ2) is 4.91. The molecule has 0 radical (unpaired) electrons. The molecule has 2 rings (SSSR count). The Balaban J connectivity index is 2.35. The monoisotopic (exact) mass is 232 g/mol. The fraction of sp³-hybridized carbons (Fsp3) is 0.533. The molecule has 0 unspecified atom stereocenters. The van der Waals surface area contributed by atoms with E-state index in [1.54, 1.807) is 0 Å². The van der Waals surface area contributed by atoms with E-state index in [-0.39, 0.29) is 11.8 Å². The third-order valence-electron chi connectivity index (χ3n) is 3.93. The molecule has 2 nitrogen and oxygen atoms in total. The van der Waals surface area contributed by atoms with Crippen LogP contribution in [0.25, 0.3) is 0 Å². The highest BCUT2D eigenvalue weighted by Gasteiger charge is 2.35. The van der Waals surface area contributed by atoms with Gasteiger partial charge in [-0.05, 0) is 25.3 Å². The molecule has 1 saturated carbocycles. The molecule has 0 heterocycles. The number of hydrogen-bond acceptors (Lipinski definition) is 1. The van der Waals surface area contributed by atoms with Crippen molar-refractivity contribution in [1.29, 1.82) is 0 Å². The van der Waals surface area contributed by atoms with Crippen molar-refractivity contribution in [2.24, 2.45) is 0 Å². The zero-order valence-corrected chi connectivity index (χ0v) is 10.4. The van der Waals surface area contributed by atoms with Gasteiger partial charge in [0.25, 0.3) is 0 Å². The van der Waals surface area contributed by atoms with E-state index in [2.05, 4.69) is 25.1 Å². The lowest BCUT2D eigenvalue weighted by atomic mass is 9.67. The lowest BCUT2D eigenvalue weighted by Crippen LogP contribution is -2.31. The molecule has 1 fully saturated rings. The number of carbonyl (C=O) groups is 1. The van der Waals surface area contributed by atoms with Crippen LogP contribution in [0, 0.1) is 6.92 Å². The first-order chi connectivity index (χ1) is 8.12. The highest BCUT2D eigenvalue weighted by molar-refractivity contribution is 5.69. The van der Waals surface area contributed by atoms with E-state index in [9.17, 15) is 4.79 Å². The van der Waals surface area contributed by atoms with Crippen LogP contribution in [-0.2, 0) is 10.2 Å². The second-order valence-corrected chi connectivity index (χ2v) is 5.28. The summed E-state index contributed by atoms with van der Waals surface area (Å²) in [5.74, 6) is -0.673. The topological polar surface area (TPSA) is 37.3 Å². The zero-order valence-electron chi connectivity index (χ0n) is 10.4. The minimum atomic E-state index is -0.673. The molecule has 0 aliphatic heterocycles. The highest BCUT2D eigenvalue weighted by Crippen LogP contribution is 2.42. The van der Waals surface area contributed by atoms with Gasteiger partial charge in [0.15, 0.2) is 0 Å². The van der Waals surface area contributed by atoms with Crippen molar-refractivity contribution in [1.82, 2.24) is 0 Å². The van der Waals surface area contributed by atoms with Gasteiger partial charge in [-0.2, -0.15) is 0 Å². The third-order valence-corrected chi connectivity index (χ3v) is 3.93. The fourth-order valence-corrected chi connectivity index (χ4v) is 3.06. The summed E-state index contributed by atoms with van der Waals surface area (Å²) in [4.78, 5) is 11.1. The number of carboxylic acids is 1. The van der Waals surface area contributed by atoms with Crippen LogP contribution in [-0.4, -0.2) is 11.1 Å². The van der Waals surface area contributed by atoms with Gasteiger partial charge in [-0.15, -0.1) is 0 Å². The quantitative estimate of drug-likeness (QED) is 0.863. The molecular formula is C15H20O2. The molecule has 0 bridgehead atoms. The average Bonchev–Trinajstić information content (AvgIpc) is 2.29. The van der Waals surface area contributed by atoms with E-state index in [0.29, 0.717) is 0 Å². The summed E-state index contributed by atoms with van der Waals surface area (Å²) in [6.45, 7) is 2.07. The maximum atomic E-state index is 11.1. The predicted octanol–water partition coefficient (Wildman–Crippen LogP) is 3.67. The lowest BCUT2D eigenvalue weighted by Gasteiger charge is -2.37. The SMILES string of the molecule is Cc1cccc(C2(CC(=O)O)CCCCC2)c1. The fourth-order valence-electron chi connectivity index (χ4n) is 3.06. The Bertz CT molecular complexity index is 403.